The van der Waals surface area contributed by atoms with E-state index in [1.165, 1.54) is 6.26 Å². The molecule has 18 heavy (non-hydrogen) atoms. The molecule has 0 saturated heterocycles. The van der Waals surface area contributed by atoms with Crippen LogP contribution in [0, 0.1) is 0 Å². The van der Waals surface area contributed by atoms with E-state index in [2.05, 4.69) is 5.32 Å². The van der Waals surface area contributed by atoms with Crippen LogP contribution in [0.4, 0.5) is 0 Å². The molecule has 1 N–H and O–H groups in total. The van der Waals surface area contributed by atoms with Gasteiger partial charge in [0.25, 0.3) is 0 Å². The highest BCUT2D eigenvalue weighted by atomic mass is 32.2. The Morgan fingerprint density at radius 1 is 1.61 bits per heavy atom. The Labute approximate surface area is 105 Å². The highest BCUT2D eigenvalue weighted by molar-refractivity contribution is 7.88. The van der Waals surface area contributed by atoms with Crippen molar-refractivity contribution in [1.82, 2.24) is 9.62 Å². The maximum Gasteiger partial charge on any atom is 0.242 e. The highest BCUT2D eigenvalue weighted by Crippen LogP contribution is 2.14. The Morgan fingerprint density at radius 3 is 3.00 bits per heavy atom. The van der Waals surface area contributed by atoms with Crippen molar-refractivity contribution in [2.75, 3.05) is 12.8 Å². The molecule has 7 heteroatoms. The molecule has 2 rings (SSSR count). The minimum absolute atomic E-state index is 0.234. The van der Waals surface area contributed by atoms with Crippen LogP contribution in [0.1, 0.15) is 5.76 Å². The molecule has 2 heterocycles. The quantitative estimate of drug-likeness (QED) is 0.787. The lowest BCUT2D eigenvalue weighted by Crippen LogP contribution is -2.45. The number of nitrogens with zero attached hydrogens (tertiary/aromatic N) is 1. The summed E-state index contributed by atoms with van der Waals surface area (Å²) in [6, 6.07) is 2.69. The Morgan fingerprint density at radius 2 is 2.39 bits per heavy atom. The van der Waals surface area contributed by atoms with Crippen molar-refractivity contribution in [3.8, 4) is 0 Å². The molecule has 0 fully saturated rings. The van der Waals surface area contributed by atoms with Gasteiger partial charge in [0, 0.05) is 6.54 Å². The average molecular weight is 270 g/mol. The number of carbonyl (C=O) groups is 1. The van der Waals surface area contributed by atoms with Crippen LogP contribution in [-0.4, -0.2) is 37.5 Å². The number of amides is 1. The number of hydrogen-bond donors (Lipinski definition) is 1. The van der Waals surface area contributed by atoms with Crippen molar-refractivity contribution in [3.63, 3.8) is 0 Å². The summed E-state index contributed by atoms with van der Waals surface area (Å²) in [5, 5.41) is 2.64. The first-order valence-corrected chi connectivity index (χ1v) is 7.27. The van der Waals surface area contributed by atoms with E-state index in [0.29, 0.717) is 5.76 Å². The Bertz CT molecular complexity index is 548. The third-order valence-corrected chi connectivity index (χ3v) is 3.85. The van der Waals surface area contributed by atoms with Gasteiger partial charge in [0.05, 0.1) is 19.1 Å². The SMILES string of the molecule is CS(=O)(=O)N1CC=C[C@H]1C(=O)NCc1ccco1. The molecule has 0 aromatic carbocycles. The van der Waals surface area contributed by atoms with E-state index in [-0.39, 0.29) is 19.0 Å². The average Bonchev–Trinajstić information content (AvgIpc) is 2.95. The molecule has 1 aliphatic heterocycles. The van der Waals surface area contributed by atoms with Gasteiger partial charge >= 0.3 is 0 Å². The van der Waals surface area contributed by atoms with E-state index in [1.807, 2.05) is 0 Å². The third kappa shape index (κ3) is 2.80. The van der Waals surface area contributed by atoms with Crippen molar-refractivity contribution >= 4 is 15.9 Å². The fourth-order valence-electron chi connectivity index (χ4n) is 1.76. The van der Waals surface area contributed by atoms with Crippen molar-refractivity contribution in [2.24, 2.45) is 0 Å². The first kappa shape index (κ1) is 12.8. The van der Waals surface area contributed by atoms with Gasteiger partial charge < -0.3 is 9.73 Å². The van der Waals surface area contributed by atoms with E-state index in [4.69, 9.17) is 4.42 Å². The van der Waals surface area contributed by atoms with Crippen LogP contribution in [0.25, 0.3) is 0 Å². The summed E-state index contributed by atoms with van der Waals surface area (Å²) in [4.78, 5) is 11.9. The van der Waals surface area contributed by atoms with E-state index < -0.39 is 16.1 Å². The van der Waals surface area contributed by atoms with Gasteiger partial charge in [-0.15, -0.1) is 0 Å². The zero-order valence-electron chi connectivity index (χ0n) is 9.87. The van der Waals surface area contributed by atoms with Gasteiger partial charge in [-0.3, -0.25) is 4.79 Å². The summed E-state index contributed by atoms with van der Waals surface area (Å²) in [7, 11) is -3.38. The molecule has 6 nitrogen and oxygen atoms in total. The zero-order valence-corrected chi connectivity index (χ0v) is 10.7. The monoisotopic (exact) mass is 270 g/mol. The van der Waals surface area contributed by atoms with Crippen LogP contribution in [0.5, 0.6) is 0 Å². The summed E-state index contributed by atoms with van der Waals surface area (Å²) in [5.74, 6) is 0.266. The first-order chi connectivity index (χ1) is 8.48. The highest BCUT2D eigenvalue weighted by Gasteiger charge is 2.32. The first-order valence-electron chi connectivity index (χ1n) is 5.42. The summed E-state index contributed by atoms with van der Waals surface area (Å²) in [6.45, 7) is 0.478. The minimum Gasteiger partial charge on any atom is -0.467 e. The molecular weight excluding hydrogens is 256 g/mol. The lowest BCUT2D eigenvalue weighted by Gasteiger charge is -2.20. The fraction of sp³-hybridized carbons (Fsp3) is 0.364. The van der Waals surface area contributed by atoms with Gasteiger partial charge in [-0.2, -0.15) is 4.31 Å². The normalized spacial score (nSPS) is 20.2. The molecule has 0 aliphatic carbocycles. The second-order valence-electron chi connectivity index (χ2n) is 4.00. The predicted molar refractivity (Wildman–Crippen MR) is 65.0 cm³/mol. The maximum absolute atomic E-state index is 11.9. The summed E-state index contributed by atoms with van der Waals surface area (Å²) in [6.07, 6.45) is 5.85. The molecule has 0 spiro atoms. The summed E-state index contributed by atoms with van der Waals surface area (Å²) >= 11 is 0. The number of hydrogen-bond acceptors (Lipinski definition) is 4. The third-order valence-electron chi connectivity index (χ3n) is 2.63. The van der Waals surface area contributed by atoms with Crippen molar-refractivity contribution in [2.45, 2.75) is 12.6 Å². The maximum atomic E-state index is 11.9. The molecule has 1 aliphatic rings. The smallest absolute Gasteiger partial charge is 0.242 e. The van der Waals surface area contributed by atoms with E-state index >= 15 is 0 Å². The molecule has 1 aromatic heterocycles. The summed E-state index contributed by atoms with van der Waals surface area (Å²) in [5.41, 5.74) is 0. The molecular formula is C11H14N2O4S. The van der Waals surface area contributed by atoms with Gasteiger partial charge in [-0.05, 0) is 12.1 Å². The number of carbonyl (C=O) groups excluding carboxylic acids is 1. The molecule has 1 amide bonds. The van der Waals surface area contributed by atoms with E-state index in [9.17, 15) is 13.2 Å². The summed E-state index contributed by atoms with van der Waals surface area (Å²) < 4.78 is 29.2. The number of sulfonamides is 1. The molecule has 1 aromatic rings. The fourth-order valence-corrected chi connectivity index (χ4v) is 2.69. The van der Waals surface area contributed by atoms with Gasteiger partial charge in [-0.25, -0.2) is 8.42 Å². The van der Waals surface area contributed by atoms with Crippen LogP contribution < -0.4 is 5.32 Å². The van der Waals surface area contributed by atoms with Gasteiger partial charge in [0.1, 0.15) is 11.8 Å². The molecule has 1 atom stereocenters. The predicted octanol–water partition coefficient (Wildman–Crippen LogP) is 0.0958. The second kappa shape index (κ2) is 4.95. The molecule has 0 radical (unpaired) electrons. The molecule has 0 bridgehead atoms. The number of nitrogens with one attached hydrogen (secondary N) is 1. The zero-order chi connectivity index (χ0) is 13.2. The standard InChI is InChI=1S/C11H14N2O4S/c1-18(15,16)13-6-2-5-10(13)11(14)12-8-9-4-3-7-17-9/h2-5,7,10H,6,8H2,1H3,(H,12,14)/t10-/m0/s1. The van der Waals surface area contributed by atoms with Gasteiger partial charge in [-0.1, -0.05) is 12.2 Å². The minimum atomic E-state index is -3.38. The van der Waals surface area contributed by atoms with Crippen LogP contribution >= 0.6 is 0 Å². The Kier molecular flexibility index (Phi) is 3.53. The van der Waals surface area contributed by atoms with Crippen molar-refractivity contribution in [1.29, 1.82) is 0 Å². The Hall–Kier alpha value is -1.60. The lowest BCUT2D eigenvalue weighted by atomic mass is 10.3. The van der Waals surface area contributed by atoms with Gasteiger partial charge in [0.2, 0.25) is 15.9 Å². The second-order valence-corrected chi connectivity index (χ2v) is 5.94. The van der Waals surface area contributed by atoms with Crippen LogP contribution in [0.15, 0.2) is 35.0 Å². The van der Waals surface area contributed by atoms with Gasteiger partial charge in [0.15, 0.2) is 0 Å². The number of furan rings is 1. The Balaban J connectivity index is 1.98. The van der Waals surface area contributed by atoms with Crippen LogP contribution in [-0.2, 0) is 21.4 Å². The molecule has 98 valence electrons. The van der Waals surface area contributed by atoms with Crippen LogP contribution in [0.3, 0.4) is 0 Å². The van der Waals surface area contributed by atoms with Crippen LogP contribution in [0.2, 0.25) is 0 Å². The lowest BCUT2D eigenvalue weighted by molar-refractivity contribution is -0.123. The topological polar surface area (TPSA) is 79.6 Å². The molecule has 0 saturated carbocycles. The van der Waals surface area contributed by atoms with E-state index in [0.717, 1.165) is 10.6 Å². The van der Waals surface area contributed by atoms with Crippen molar-refractivity contribution in [3.05, 3.63) is 36.3 Å². The van der Waals surface area contributed by atoms with E-state index in [1.54, 1.807) is 24.3 Å². The molecule has 0 unspecified atom stereocenters. The van der Waals surface area contributed by atoms with Crippen molar-refractivity contribution < 1.29 is 17.6 Å². The number of rotatable bonds is 4. The largest absolute Gasteiger partial charge is 0.467 e.